The van der Waals surface area contributed by atoms with Crippen LogP contribution >= 0.6 is 0 Å². The van der Waals surface area contributed by atoms with E-state index in [1.165, 1.54) is 0 Å². The minimum absolute atomic E-state index is 0.0671. The van der Waals surface area contributed by atoms with Crippen LogP contribution in [0.4, 0.5) is 0 Å². The fourth-order valence-corrected chi connectivity index (χ4v) is 4.59. The Balaban J connectivity index is 1.19. The minimum Gasteiger partial charge on any atom is -0.487 e. The van der Waals surface area contributed by atoms with E-state index in [1.54, 1.807) is 17.1 Å². The van der Waals surface area contributed by atoms with Crippen LogP contribution in [0.15, 0.2) is 70.3 Å². The largest absolute Gasteiger partial charge is 0.487 e. The summed E-state index contributed by atoms with van der Waals surface area (Å²) in [6.45, 7) is 2.09. The normalized spacial score (nSPS) is 16.5. The van der Waals surface area contributed by atoms with E-state index in [9.17, 15) is 4.79 Å². The number of pyridine rings is 1. The lowest BCUT2D eigenvalue weighted by atomic mass is 9.97. The van der Waals surface area contributed by atoms with Crippen LogP contribution in [0.2, 0.25) is 0 Å². The zero-order chi connectivity index (χ0) is 23.6. The first kappa shape index (κ1) is 21.6. The number of aryl methyl sites for hydroxylation is 1. The summed E-state index contributed by atoms with van der Waals surface area (Å²) in [7, 11) is 0. The molecule has 1 atom stereocenters. The number of hydrogen-bond acceptors (Lipinski definition) is 7. The first-order valence-electron chi connectivity index (χ1n) is 11.8. The van der Waals surface area contributed by atoms with Crippen LogP contribution in [-0.4, -0.2) is 33.9 Å². The molecule has 1 saturated heterocycles. The molecular weight excluding hydrogens is 446 g/mol. The van der Waals surface area contributed by atoms with Gasteiger partial charge in [0, 0.05) is 30.3 Å². The number of ether oxygens (including phenoxy) is 3. The second-order valence-electron chi connectivity index (χ2n) is 8.74. The number of hydrogen-bond donors (Lipinski definition) is 0. The molecule has 2 aliphatic heterocycles. The molecule has 1 unspecified atom stereocenters. The second kappa shape index (κ2) is 9.38. The molecule has 6 rings (SSSR count). The standard InChI is InChI=1S/C27H25N3O5/c31-27-29-26(35-17-22-4-2-11-33-22)14-25-23-7-6-21(13-18(23)8-10-30(25)27)34-16-20-3-1-5-24(28-20)19-9-12-32-15-19/h1,3,5-7,9,12-15,22H,2,4,8,10-11,16-17H2. The van der Waals surface area contributed by atoms with Crippen LogP contribution in [0.3, 0.4) is 0 Å². The van der Waals surface area contributed by atoms with Gasteiger partial charge in [0.2, 0.25) is 5.88 Å². The van der Waals surface area contributed by atoms with Crippen molar-refractivity contribution in [1.29, 1.82) is 0 Å². The summed E-state index contributed by atoms with van der Waals surface area (Å²) < 4.78 is 24.3. The van der Waals surface area contributed by atoms with E-state index >= 15 is 0 Å². The number of furan rings is 1. The van der Waals surface area contributed by atoms with Gasteiger partial charge in [-0.25, -0.2) is 9.78 Å². The summed E-state index contributed by atoms with van der Waals surface area (Å²) in [4.78, 5) is 21.4. The number of fused-ring (bicyclic) bond motifs is 3. The Morgan fingerprint density at radius 3 is 2.91 bits per heavy atom. The fourth-order valence-electron chi connectivity index (χ4n) is 4.59. The Labute approximate surface area is 202 Å². The van der Waals surface area contributed by atoms with Crippen LogP contribution in [0.1, 0.15) is 24.1 Å². The van der Waals surface area contributed by atoms with E-state index in [2.05, 4.69) is 9.97 Å². The average Bonchev–Trinajstić information content (AvgIpc) is 3.61. The Bertz CT molecular complexity index is 1390. The topological polar surface area (TPSA) is 88.6 Å². The second-order valence-corrected chi connectivity index (χ2v) is 8.74. The van der Waals surface area contributed by atoms with Crippen molar-refractivity contribution in [2.45, 2.75) is 38.5 Å². The molecule has 35 heavy (non-hydrogen) atoms. The lowest BCUT2D eigenvalue weighted by Crippen LogP contribution is -2.29. The maximum absolute atomic E-state index is 12.6. The number of nitrogens with zero attached hydrogens (tertiary/aromatic N) is 3. The summed E-state index contributed by atoms with van der Waals surface area (Å²) in [6, 6.07) is 15.5. The number of aromatic nitrogens is 3. The van der Waals surface area contributed by atoms with Crippen molar-refractivity contribution in [2.24, 2.45) is 0 Å². The first-order chi connectivity index (χ1) is 17.2. The highest BCUT2D eigenvalue weighted by Crippen LogP contribution is 2.32. The molecule has 8 heteroatoms. The molecule has 178 valence electrons. The predicted molar refractivity (Wildman–Crippen MR) is 128 cm³/mol. The molecule has 0 aliphatic carbocycles. The van der Waals surface area contributed by atoms with Crippen molar-refractivity contribution < 1.29 is 18.6 Å². The maximum Gasteiger partial charge on any atom is 0.351 e. The van der Waals surface area contributed by atoms with Crippen LogP contribution in [0.25, 0.3) is 22.5 Å². The van der Waals surface area contributed by atoms with Gasteiger partial charge in [-0.3, -0.25) is 4.57 Å². The van der Waals surface area contributed by atoms with Crippen molar-refractivity contribution in [1.82, 2.24) is 14.5 Å². The van der Waals surface area contributed by atoms with Crippen molar-refractivity contribution in [3.8, 4) is 34.1 Å². The number of benzene rings is 1. The monoisotopic (exact) mass is 471 g/mol. The molecule has 1 aromatic carbocycles. The predicted octanol–water partition coefficient (Wildman–Crippen LogP) is 4.26. The molecule has 3 aromatic heterocycles. The zero-order valence-electron chi connectivity index (χ0n) is 19.2. The van der Waals surface area contributed by atoms with Crippen molar-refractivity contribution in [2.75, 3.05) is 13.2 Å². The summed E-state index contributed by atoms with van der Waals surface area (Å²) in [5, 5.41) is 0. The third-order valence-corrected chi connectivity index (χ3v) is 6.40. The molecule has 5 heterocycles. The fraction of sp³-hybridized carbons (Fsp3) is 0.296. The molecule has 0 N–H and O–H groups in total. The first-order valence-corrected chi connectivity index (χ1v) is 11.8. The van der Waals surface area contributed by atoms with Crippen molar-refractivity contribution >= 4 is 0 Å². The quantitative estimate of drug-likeness (QED) is 0.398. The summed E-state index contributed by atoms with van der Waals surface area (Å²) in [5.74, 6) is 1.10. The van der Waals surface area contributed by atoms with Crippen LogP contribution in [-0.2, 0) is 24.3 Å². The third kappa shape index (κ3) is 4.57. The molecule has 8 nitrogen and oxygen atoms in total. The van der Waals surface area contributed by atoms with E-state index in [0.717, 1.165) is 65.4 Å². The summed E-state index contributed by atoms with van der Waals surface area (Å²) >= 11 is 0. The van der Waals surface area contributed by atoms with Gasteiger partial charge in [-0.1, -0.05) is 6.07 Å². The molecule has 0 saturated carbocycles. The Morgan fingerprint density at radius 2 is 2.06 bits per heavy atom. The summed E-state index contributed by atoms with van der Waals surface area (Å²) in [5.41, 5.74) is 5.25. The van der Waals surface area contributed by atoms with Gasteiger partial charge in [-0.05, 0) is 61.2 Å². The van der Waals surface area contributed by atoms with Gasteiger partial charge in [0.05, 0.1) is 35.7 Å². The van der Waals surface area contributed by atoms with Crippen molar-refractivity contribution in [3.05, 3.63) is 82.8 Å². The highest BCUT2D eigenvalue weighted by Gasteiger charge is 2.21. The summed E-state index contributed by atoms with van der Waals surface area (Å²) in [6.07, 6.45) is 6.11. The van der Waals surface area contributed by atoms with Crippen LogP contribution < -0.4 is 15.2 Å². The minimum atomic E-state index is -0.292. The van der Waals surface area contributed by atoms with Gasteiger partial charge in [-0.2, -0.15) is 4.98 Å². The Morgan fingerprint density at radius 1 is 1.09 bits per heavy atom. The highest BCUT2D eigenvalue weighted by atomic mass is 16.5. The molecule has 0 bridgehead atoms. The van der Waals surface area contributed by atoms with Gasteiger partial charge in [0.25, 0.3) is 0 Å². The highest BCUT2D eigenvalue weighted by molar-refractivity contribution is 5.67. The molecule has 0 radical (unpaired) electrons. The van der Waals surface area contributed by atoms with E-state index < -0.39 is 0 Å². The van der Waals surface area contributed by atoms with E-state index in [1.807, 2.05) is 48.5 Å². The smallest absolute Gasteiger partial charge is 0.351 e. The molecule has 1 fully saturated rings. The van der Waals surface area contributed by atoms with Gasteiger partial charge >= 0.3 is 5.69 Å². The van der Waals surface area contributed by atoms with E-state index in [4.69, 9.17) is 18.6 Å². The van der Waals surface area contributed by atoms with Gasteiger partial charge in [-0.15, -0.1) is 0 Å². The van der Waals surface area contributed by atoms with Crippen molar-refractivity contribution in [3.63, 3.8) is 0 Å². The van der Waals surface area contributed by atoms with Gasteiger partial charge in [0.1, 0.15) is 19.0 Å². The lowest BCUT2D eigenvalue weighted by Gasteiger charge is -2.22. The maximum atomic E-state index is 12.6. The number of rotatable bonds is 7. The molecular formula is C27H25N3O5. The van der Waals surface area contributed by atoms with Crippen LogP contribution in [0.5, 0.6) is 11.6 Å². The third-order valence-electron chi connectivity index (χ3n) is 6.40. The molecule has 2 aliphatic rings. The zero-order valence-corrected chi connectivity index (χ0v) is 19.2. The lowest BCUT2D eigenvalue weighted by molar-refractivity contribution is 0.0661. The van der Waals surface area contributed by atoms with Crippen LogP contribution in [0, 0.1) is 0 Å². The molecule has 0 spiro atoms. The molecule has 4 aromatic rings. The molecule has 0 amide bonds. The van der Waals surface area contributed by atoms with Gasteiger partial charge < -0.3 is 18.6 Å². The average molecular weight is 472 g/mol. The van der Waals surface area contributed by atoms with E-state index in [0.29, 0.717) is 25.6 Å². The van der Waals surface area contributed by atoms with Gasteiger partial charge in [0.15, 0.2) is 0 Å². The Kier molecular flexibility index (Phi) is 5.79. The SMILES string of the molecule is O=c1nc(OCC2CCCO2)cc2n1CCc1cc(OCc3cccc(-c4ccoc4)n3)ccc1-2. The Hall–Kier alpha value is -3.91. The van der Waals surface area contributed by atoms with E-state index in [-0.39, 0.29) is 11.8 Å².